The van der Waals surface area contributed by atoms with Crippen LogP contribution in [-0.2, 0) is 6.42 Å². The first-order valence-corrected chi connectivity index (χ1v) is 14.6. The lowest BCUT2D eigenvalue weighted by molar-refractivity contribution is 0.616. The molecule has 0 spiro atoms. The quantitative estimate of drug-likeness (QED) is 0.205. The fourth-order valence-corrected chi connectivity index (χ4v) is 6.11. The predicted octanol–water partition coefficient (Wildman–Crippen LogP) is 10.4. The van der Waals surface area contributed by atoms with E-state index in [1.807, 2.05) is 12.3 Å². The summed E-state index contributed by atoms with van der Waals surface area (Å²) in [5, 5.41) is 1.05. The molecule has 43 heavy (non-hydrogen) atoms. The minimum Gasteiger partial charge on any atom is -0.464 e. The summed E-state index contributed by atoms with van der Waals surface area (Å²) in [6, 6.07) is 53.2. The van der Waals surface area contributed by atoms with E-state index >= 15 is 0 Å². The minimum atomic E-state index is 0.857. The second kappa shape index (κ2) is 10.6. The minimum absolute atomic E-state index is 0.857. The van der Waals surface area contributed by atoms with E-state index in [0.29, 0.717) is 0 Å². The number of rotatable bonds is 6. The highest BCUT2D eigenvalue weighted by molar-refractivity contribution is 5.98. The van der Waals surface area contributed by atoms with Gasteiger partial charge < -0.3 is 4.42 Å². The second-order valence-corrected chi connectivity index (χ2v) is 10.8. The van der Waals surface area contributed by atoms with Crippen molar-refractivity contribution in [3.05, 3.63) is 169 Å². The van der Waals surface area contributed by atoms with Crippen molar-refractivity contribution in [2.24, 2.45) is 0 Å². The third kappa shape index (κ3) is 4.52. The SMILES string of the molecule is c1ccc(Cc2ccc3c(-c4nc5ccccc5n4-c4c(-c5ccccc5)cccc4-c4ccccc4)coc3c2)cc1. The molecule has 0 radical (unpaired) electrons. The van der Waals surface area contributed by atoms with Crippen molar-refractivity contribution in [3.63, 3.8) is 0 Å². The number of hydrogen-bond acceptors (Lipinski definition) is 2. The molecule has 8 aromatic rings. The fraction of sp³-hybridized carbons (Fsp3) is 0.0250. The zero-order valence-corrected chi connectivity index (χ0v) is 23.5. The first kappa shape index (κ1) is 25.1. The van der Waals surface area contributed by atoms with Crippen LogP contribution in [0.25, 0.3) is 61.3 Å². The molecule has 0 saturated heterocycles. The normalized spacial score (nSPS) is 11.3. The van der Waals surface area contributed by atoms with Crippen LogP contribution >= 0.6 is 0 Å². The van der Waals surface area contributed by atoms with Crippen molar-refractivity contribution in [2.75, 3.05) is 0 Å². The van der Waals surface area contributed by atoms with Crippen molar-refractivity contribution < 1.29 is 4.42 Å². The van der Waals surface area contributed by atoms with Gasteiger partial charge in [-0.1, -0.05) is 133 Å². The number of nitrogens with zero attached hydrogens (tertiary/aromatic N) is 2. The van der Waals surface area contributed by atoms with Crippen LogP contribution in [0.5, 0.6) is 0 Å². The van der Waals surface area contributed by atoms with Crippen molar-refractivity contribution in [1.82, 2.24) is 9.55 Å². The molecule has 0 amide bonds. The van der Waals surface area contributed by atoms with Gasteiger partial charge in [-0.3, -0.25) is 4.57 Å². The van der Waals surface area contributed by atoms with Crippen LogP contribution < -0.4 is 0 Å². The fourth-order valence-electron chi connectivity index (χ4n) is 6.11. The molecule has 6 aromatic carbocycles. The summed E-state index contributed by atoms with van der Waals surface area (Å²) in [4.78, 5) is 5.24. The second-order valence-electron chi connectivity index (χ2n) is 10.8. The van der Waals surface area contributed by atoms with E-state index in [1.165, 1.54) is 11.1 Å². The monoisotopic (exact) mass is 552 g/mol. The van der Waals surface area contributed by atoms with E-state index in [0.717, 1.165) is 67.8 Å². The van der Waals surface area contributed by atoms with Gasteiger partial charge in [0.1, 0.15) is 17.7 Å². The zero-order chi connectivity index (χ0) is 28.6. The number of aromatic nitrogens is 2. The maximum absolute atomic E-state index is 6.25. The van der Waals surface area contributed by atoms with E-state index < -0.39 is 0 Å². The molecule has 204 valence electrons. The number of fused-ring (bicyclic) bond motifs is 2. The van der Waals surface area contributed by atoms with Gasteiger partial charge in [0.05, 0.1) is 22.3 Å². The molecule has 3 heteroatoms. The number of furan rings is 1. The number of para-hydroxylation sites is 3. The van der Waals surface area contributed by atoms with E-state index in [-0.39, 0.29) is 0 Å². The van der Waals surface area contributed by atoms with Gasteiger partial charge >= 0.3 is 0 Å². The maximum Gasteiger partial charge on any atom is 0.149 e. The predicted molar refractivity (Wildman–Crippen MR) is 176 cm³/mol. The van der Waals surface area contributed by atoms with Gasteiger partial charge in [0.25, 0.3) is 0 Å². The average Bonchev–Trinajstić information content (AvgIpc) is 3.67. The van der Waals surface area contributed by atoms with Crippen LogP contribution in [0.3, 0.4) is 0 Å². The molecule has 0 saturated carbocycles. The van der Waals surface area contributed by atoms with Gasteiger partial charge in [0, 0.05) is 16.5 Å². The maximum atomic E-state index is 6.25. The Morgan fingerprint density at radius 1 is 0.535 bits per heavy atom. The summed E-state index contributed by atoms with van der Waals surface area (Å²) in [6.45, 7) is 0. The third-order valence-corrected chi connectivity index (χ3v) is 8.12. The largest absolute Gasteiger partial charge is 0.464 e. The Balaban J connectivity index is 1.38. The highest BCUT2D eigenvalue weighted by Crippen LogP contribution is 2.41. The van der Waals surface area contributed by atoms with Crippen LogP contribution in [0.4, 0.5) is 0 Å². The Kier molecular flexibility index (Phi) is 6.20. The molecule has 3 nitrogen and oxygen atoms in total. The lowest BCUT2D eigenvalue weighted by Gasteiger charge is -2.19. The molecule has 2 aromatic heterocycles. The van der Waals surface area contributed by atoms with E-state index in [9.17, 15) is 0 Å². The topological polar surface area (TPSA) is 31.0 Å². The number of hydrogen-bond donors (Lipinski definition) is 0. The van der Waals surface area contributed by atoms with Crippen molar-refractivity contribution in [1.29, 1.82) is 0 Å². The van der Waals surface area contributed by atoms with Gasteiger partial charge in [-0.15, -0.1) is 0 Å². The molecule has 0 fully saturated rings. The Labute approximate surface area is 250 Å². The molecule has 2 heterocycles. The molecule has 8 rings (SSSR count). The molecule has 0 aliphatic rings. The lowest BCUT2D eigenvalue weighted by Crippen LogP contribution is -2.03. The Hall–Kier alpha value is -5.67. The summed E-state index contributed by atoms with van der Waals surface area (Å²) in [5.41, 5.74) is 12.0. The average molecular weight is 553 g/mol. The Morgan fingerprint density at radius 2 is 1.16 bits per heavy atom. The van der Waals surface area contributed by atoms with E-state index in [1.54, 1.807) is 0 Å². The number of imidazole rings is 1. The van der Waals surface area contributed by atoms with Gasteiger partial charge in [0.15, 0.2) is 0 Å². The zero-order valence-electron chi connectivity index (χ0n) is 23.5. The third-order valence-electron chi connectivity index (χ3n) is 8.12. The van der Waals surface area contributed by atoms with Crippen LogP contribution in [0.15, 0.2) is 162 Å². The van der Waals surface area contributed by atoms with Gasteiger partial charge in [0.2, 0.25) is 0 Å². The first-order chi connectivity index (χ1) is 21.3. The molecule has 0 aliphatic heterocycles. The van der Waals surface area contributed by atoms with Crippen LogP contribution in [-0.4, -0.2) is 9.55 Å². The van der Waals surface area contributed by atoms with Crippen LogP contribution in [0, 0.1) is 0 Å². The van der Waals surface area contributed by atoms with Gasteiger partial charge in [-0.25, -0.2) is 4.98 Å². The first-order valence-electron chi connectivity index (χ1n) is 14.6. The molecule has 0 bridgehead atoms. The summed E-state index contributed by atoms with van der Waals surface area (Å²) in [6.07, 6.45) is 2.72. The highest BCUT2D eigenvalue weighted by atomic mass is 16.3. The molecular formula is C40H28N2O. The Morgan fingerprint density at radius 3 is 1.86 bits per heavy atom. The standard InChI is InChI=1S/C40H28N2O/c1-4-13-28(14-5-1)25-29-23-24-34-35(27-43-38(34)26-29)40-41-36-21-10-11-22-37(36)42(40)39-32(30-15-6-2-7-16-30)19-12-20-33(39)31-17-8-3-9-18-31/h1-24,26-27H,25H2. The summed E-state index contributed by atoms with van der Waals surface area (Å²) in [5.74, 6) is 0.858. The summed E-state index contributed by atoms with van der Waals surface area (Å²) < 4.78 is 8.57. The molecular weight excluding hydrogens is 524 g/mol. The van der Waals surface area contributed by atoms with Gasteiger partial charge in [-0.05, 0) is 46.9 Å². The van der Waals surface area contributed by atoms with E-state index in [2.05, 4.69) is 150 Å². The van der Waals surface area contributed by atoms with E-state index in [4.69, 9.17) is 9.40 Å². The van der Waals surface area contributed by atoms with Crippen LogP contribution in [0.2, 0.25) is 0 Å². The molecule has 0 unspecified atom stereocenters. The van der Waals surface area contributed by atoms with Crippen molar-refractivity contribution in [2.45, 2.75) is 6.42 Å². The summed E-state index contributed by atoms with van der Waals surface area (Å²) >= 11 is 0. The van der Waals surface area contributed by atoms with Crippen molar-refractivity contribution >= 4 is 22.0 Å². The highest BCUT2D eigenvalue weighted by Gasteiger charge is 2.23. The van der Waals surface area contributed by atoms with Crippen LogP contribution in [0.1, 0.15) is 11.1 Å². The molecule has 0 atom stereocenters. The molecule has 0 N–H and O–H groups in total. The number of benzene rings is 6. The summed E-state index contributed by atoms with van der Waals surface area (Å²) in [7, 11) is 0. The van der Waals surface area contributed by atoms with Crippen molar-refractivity contribution in [3.8, 4) is 39.3 Å². The van der Waals surface area contributed by atoms with Gasteiger partial charge in [-0.2, -0.15) is 0 Å². The Bertz CT molecular complexity index is 2140. The molecule has 0 aliphatic carbocycles. The lowest BCUT2D eigenvalue weighted by atomic mass is 9.95. The smallest absolute Gasteiger partial charge is 0.149 e.